The Morgan fingerprint density at radius 1 is 0.442 bits per heavy atom. The van der Waals surface area contributed by atoms with Crippen molar-refractivity contribution in [2.24, 2.45) is 0 Å². The topological polar surface area (TPSA) is 64.5 Å². The van der Waals surface area contributed by atoms with Crippen molar-refractivity contribution < 1.29 is 0 Å². The Balaban J connectivity index is 1.25. The first-order chi connectivity index (χ1) is 21.3. The van der Waals surface area contributed by atoms with Gasteiger partial charge in [0.25, 0.3) is 0 Å². The second-order valence-electron chi connectivity index (χ2n) is 10.6. The second kappa shape index (κ2) is 10.5. The van der Waals surface area contributed by atoms with Gasteiger partial charge in [-0.15, -0.1) is 0 Å². The fraction of sp³-hybridized carbons (Fsp3) is 0.0263. The average molecular weight is 552 g/mol. The van der Waals surface area contributed by atoms with Gasteiger partial charge in [0.1, 0.15) is 0 Å². The lowest BCUT2D eigenvalue weighted by atomic mass is 9.97. The van der Waals surface area contributed by atoms with Crippen LogP contribution in [0.4, 0.5) is 0 Å². The third-order valence-corrected chi connectivity index (χ3v) is 7.92. The molecule has 0 fully saturated rings. The zero-order chi connectivity index (χ0) is 28.6. The van der Waals surface area contributed by atoms with Crippen LogP contribution in [0.1, 0.15) is 11.1 Å². The van der Waals surface area contributed by atoms with Gasteiger partial charge in [-0.2, -0.15) is 0 Å². The molecule has 43 heavy (non-hydrogen) atoms. The van der Waals surface area contributed by atoms with Gasteiger partial charge in [0.15, 0.2) is 17.5 Å². The van der Waals surface area contributed by atoms with Crippen LogP contribution < -0.4 is 0 Å². The predicted molar refractivity (Wildman–Crippen MR) is 171 cm³/mol. The minimum Gasteiger partial charge on any atom is -0.264 e. The molecule has 0 radical (unpaired) electrons. The minimum absolute atomic E-state index is 0.633. The lowest BCUT2D eigenvalue weighted by Crippen LogP contribution is -2.00. The molecule has 0 N–H and O–H groups in total. The van der Waals surface area contributed by atoms with Crippen LogP contribution >= 0.6 is 0 Å². The summed E-state index contributed by atoms with van der Waals surface area (Å²) in [5.74, 6) is 1.91. The highest BCUT2D eigenvalue weighted by atomic mass is 15.0. The lowest BCUT2D eigenvalue weighted by molar-refractivity contribution is 1.07. The third-order valence-electron chi connectivity index (χ3n) is 7.92. The Hall–Kier alpha value is -5.81. The summed E-state index contributed by atoms with van der Waals surface area (Å²) in [6.07, 6.45) is 6.49. The Morgan fingerprint density at radius 3 is 1.74 bits per heavy atom. The number of hydrogen-bond donors (Lipinski definition) is 0. The second-order valence-corrected chi connectivity index (χ2v) is 10.6. The fourth-order valence-corrected chi connectivity index (χ4v) is 5.80. The summed E-state index contributed by atoms with van der Waals surface area (Å²) in [7, 11) is 0. The molecule has 0 bridgehead atoms. The van der Waals surface area contributed by atoms with E-state index in [2.05, 4.69) is 89.9 Å². The number of benzene rings is 4. The number of pyridine rings is 2. The summed E-state index contributed by atoms with van der Waals surface area (Å²) < 4.78 is 0. The van der Waals surface area contributed by atoms with Crippen molar-refractivity contribution in [2.45, 2.75) is 6.42 Å². The van der Waals surface area contributed by atoms with Crippen LogP contribution in [0.2, 0.25) is 0 Å². The molecule has 202 valence electrons. The molecule has 0 saturated heterocycles. The molecule has 0 atom stereocenters. The molecule has 5 nitrogen and oxygen atoms in total. The van der Waals surface area contributed by atoms with Crippen molar-refractivity contribution in [3.63, 3.8) is 0 Å². The summed E-state index contributed by atoms with van der Waals surface area (Å²) in [5.41, 5.74) is 12.0. The number of fused-ring (bicyclic) bond motifs is 3. The van der Waals surface area contributed by atoms with Crippen molar-refractivity contribution in [1.82, 2.24) is 24.9 Å². The van der Waals surface area contributed by atoms with E-state index < -0.39 is 0 Å². The van der Waals surface area contributed by atoms with Crippen LogP contribution in [0, 0.1) is 0 Å². The highest BCUT2D eigenvalue weighted by molar-refractivity contribution is 5.83. The number of nitrogens with zero attached hydrogens (tertiary/aromatic N) is 5. The van der Waals surface area contributed by atoms with Gasteiger partial charge in [-0.1, -0.05) is 97.1 Å². The van der Waals surface area contributed by atoms with E-state index in [0.717, 1.165) is 56.6 Å². The highest BCUT2D eigenvalue weighted by Crippen LogP contribution is 2.40. The molecular weight excluding hydrogens is 526 g/mol. The maximum absolute atomic E-state index is 5.03. The molecule has 3 aromatic heterocycles. The number of rotatable bonds is 5. The molecule has 4 aromatic carbocycles. The molecule has 5 heteroatoms. The van der Waals surface area contributed by atoms with Crippen LogP contribution in [0.5, 0.6) is 0 Å². The summed E-state index contributed by atoms with van der Waals surface area (Å²) in [5, 5.41) is 0. The Kier molecular flexibility index (Phi) is 6.12. The van der Waals surface area contributed by atoms with Gasteiger partial charge in [-0.05, 0) is 57.6 Å². The Labute approximate surface area is 249 Å². The van der Waals surface area contributed by atoms with Crippen LogP contribution in [0.25, 0.3) is 67.7 Å². The van der Waals surface area contributed by atoms with Crippen LogP contribution in [0.3, 0.4) is 0 Å². The molecule has 0 saturated carbocycles. The van der Waals surface area contributed by atoms with E-state index in [9.17, 15) is 0 Å². The summed E-state index contributed by atoms with van der Waals surface area (Å²) >= 11 is 0. The van der Waals surface area contributed by atoms with E-state index >= 15 is 0 Å². The lowest BCUT2D eigenvalue weighted by Gasteiger charge is -2.12. The zero-order valence-corrected chi connectivity index (χ0v) is 23.2. The fourth-order valence-electron chi connectivity index (χ4n) is 5.80. The summed E-state index contributed by atoms with van der Waals surface area (Å²) in [6.45, 7) is 0. The first-order valence-corrected chi connectivity index (χ1v) is 14.3. The maximum atomic E-state index is 5.03. The number of hydrogen-bond acceptors (Lipinski definition) is 5. The first kappa shape index (κ1) is 24.9. The highest BCUT2D eigenvalue weighted by Gasteiger charge is 2.23. The van der Waals surface area contributed by atoms with E-state index in [-0.39, 0.29) is 0 Å². The largest absolute Gasteiger partial charge is 0.264 e. The van der Waals surface area contributed by atoms with Crippen LogP contribution in [-0.2, 0) is 6.42 Å². The normalized spacial score (nSPS) is 11.6. The molecule has 3 heterocycles. The van der Waals surface area contributed by atoms with E-state index in [1.54, 1.807) is 0 Å². The van der Waals surface area contributed by atoms with Crippen molar-refractivity contribution in [2.75, 3.05) is 0 Å². The smallest absolute Gasteiger partial charge is 0.164 e. The van der Waals surface area contributed by atoms with Gasteiger partial charge in [0.2, 0.25) is 0 Å². The Bertz CT molecular complexity index is 2110. The molecule has 0 aliphatic heterocycles. The van der Waals surface area contributed by atoms with Gasteiger partial charge in [-0.25, -0.2) is 15.0 Å². The van der Waals surface area contributed by atoms with Crippen molar-refractivity contribution >= 4 is 0 Å². The monoisotopic (exact) mass is 551 g/mol. The van der Waals surface area contributed by atoms with Gasteiger partial charge in [-0.3, -0.25) is 9.97 Å². The predicted octanol–water partition coefficient (Wildman–Crippen LogP) is 8.57. The number of aromatic nitrogens is 5. The minimum atomic E-state index is 0.633. The standard InChI is InChI=1S/C38H25N5/c1-3-9-25(10-4-1)27-13-7-15-30(21-27)37-41-36(26-11-5-2-6-12-26)42-38(43-37)31-16-8-14-28(22-31)32-18-20-40-35-33(32)23-29-17-19-39-24-34(29)35/h1-22,24H,23H2. The SMILES string of the molecule is c1ccc(-c2cccc(-c3nc(-c4ccccc4)nc(-c4cccc(-c5ccnc6c5Cc5ccncc5-6)c4)n3)c2)cc1. The van der Waals surface area contributed by atoms with Gasteiger partial charge < -0.3 is 0 Å². The summed E-state index contributed by atoms with van der Waals surface area (Å²) in [4.78, 5) is 24.0. The van der Waals surface area contributed by atoms with Gasteiger partial charge in [0, 0.05) is 47.3 Å². The van der Waals surface area contributed by atoms with Crippen LogP contribution in [0.15, 0.2) is 140 Å². The van der Waals surface area contributed by atoms with Gasteiger partial charge >= 0.3 is 0 Å². The molecular formula is C38H25N5. The average Bonchev–Trinajstić information content (AvgIpc) is 3.48. The van der Waals surface area contributed by atoms with E-state index in [1.807, 2.05) is 55.0 Å². The molecule has 8 rings (SSSR count). The first-order valence-electron chi connectivity index (χ1n) is 14.3. The molecule has 0 spiro atoms. The van der Waals surface area contributed by atoms with Crippen molar-refractivity contribution in [1.29, 1.82) is 0 Å². The van der Waals surface area contributed by atoms with E-state index in [1.165, 1.54) is 11.1 Å². The summed E-state index contributed by atoms with van der Waals surface area (Å²) in [6, 6.07) is 41.5. The van der Waals surface area contributed by atoms with Crippen LogP contribution in [-0.4, -0.2) is 24.9 Å². The zero-order valence-electron chi connectivity index (χ0n) is 23.2. The molecule has 7 aromatic rings. The van der Waals surface area contributed by atoms with Crippen molar-refractivity contribution in [3.05, 3.63) is 151 Å². The molecule has 1 aliphatic rings. The van der Waals surface area contributed by atoms with E-state index in [4.69, 9.17) is 19.9 Å². The molecule has 0 unspecified atom stereocenters. The maximum Gasteiger partial charge on any atom is 0.164 e. The third kappa shape index (κ3) is 4.67. The molecule has 0 amide bonds. The Morgan fingerprint density at radius 2 is 1.02 bits per heavy atom. The molecule has 1 aliphatic carbocycles. The van der Waals surface area contributed by atoms with Crippen molar-refractivity contribution in [3.8, 4) is 67.7 Å². The van der Waals surface area contributed by atoms with E-state index in [0.29, 0.717) is 17.5 Å². The quantitative estimate of drug-likeness (QED) is 0.214. The van der Waals surface area contributed by atoms with Gasteiger partial charge in [0.05, 0.1) is 5.69 Å².